The van der Waals surface area contributed by atoms with Gasteiger partial charge in [-0.2, -0.15) is 5.10 Å². The van der Waals surface area contributed by atoms with Gasteiger partial charge in [-0.25, -0.2) is 5.43 Å². The third-order valence-corrected chi connectivity index (χ3v) is 4.75. The first-order valence-electron chi connectivity index (χ1n) is 10.8. The average Bonchev–Trinajstić information content (AvgIpc) is 2.85. The minimum absolute atomic E-state index is 0.0331. The van der Waals surface area contributed by atoms with Crippen molar-refractivity contribution in [3.63, 3.8) is 0 Å². The van der Waals surface area contributed by atoms with Crippen molar-refractivity contribution in [1.29, 1.82) is 0 Å². The van der Waals surface area contributed by atoms with Crippen molar-refractivity contribution >= 4 is 29.2 Å². The first-order valence-corrected chi connectivity index (χ1v) is 10.8. The summed E-state index contributed by atoms with van der Waals surface area (Å²) in [6.45, 7) is 4.03. The van der Waals surface area contributed by atoms with Crippen molar-refractivity contribution in [2.45, 2.75) is 13.8 Å². The van der Waals surface area contributed by atoms with E-state index in [4.69, 9.17) is 9.47 Å². The molecule has 36 heavy (non-hydrogen) atoms. The highest BCUT2D eigenvalue weighted by atomic mass is 16.6. The molecule has 0 bridgehead atoms. The maximum Gasteiger partial charge on any atom is 0.318 e. The molecule has 12 nitrogen and oxygen atoms in total. The molecule has 0 aliphatic heterocycles. The Morgan fingerprint density at radius 3 is 2.36 bits per heavy atom. The van der Waals surface area contributed by atoms with Gasteiger partial charge >= 0.3 is 5.69 Å². The quantitative estimate of drug-likeness (QED) is 0.223. The minimum atomic E-state index is -0.764. The van der Waals surface area contributed by atoms with Gasteiger partial charge in [0.2, 0.25) is 5.75 Å². The maximum atomic E-state index is 12.0. The van der Waals surface area contributed by atoms with E-state index in [-0.39, 0.29) is 36.3 Å². The van der Waals surface area contributed by atoms with E-state index in [0.717, 1.165) is 29.4 Å². The fourth-order valence-electron chi connectivity index (χ4n) is 3.00. The van der Waals surface area contributed by atoms with Crippen LogP contribution in [-0.2, 0) is 4.79 Å². The first-order chi connectivity index (χ1) is 17.3. The van der Waals surface area contributed by atoms with Crippen molar-refractivity contribution < 1.29 is 24.1 Å². The Morgan fingerprint density at radius 1 is 0.972 bits per heavy atom. The predicted octanol–water partition coefficient (Wildman–Crippen LogP) is 4.56. The van der Waals surface area contributed by atoms with Gasteiger partial charge in [0, 0.05) is 11.8 Å². The van der Waals surface area contributed by atoms with Crippen molar-refractivity contribution in [1.82, 2.24) is 5.43 Å². The Morgan fingerprint density at radius 2 is 1.69 bits per heavy atom. The topological polar surface area (TPSA) is 158 Å². The summed E-state index contributed by atoms with van der Waals surface area (Å²) >= 11 is 0. The molecule has 1 amide bonds. The first kappa shape index (κ1) is 25.6. The smallest absolute Gasteiger partial charge is 0.318 e. The van der Waals surface area contributed by atoms with E-state index >= 15 is 0 Å². The monoisotopic (exact) mass is 493 g/mol. The number of anilines is 1. The van der Waals surface area contributed by atoms with E-state index in [1.807, 2.05) is 31.2 Å². The summed E-state index contributed by atoms with van der Waals surface area (Å²) in [6.07, 6.45) is 1.41. The normalized spacial score (nSPS) is 10.6. The molecule has 2 N–H and O–H groups in total. The summed E-state index contributed by atoms with van der Waals surface area (Å²) in [5.41, 5.74) is 3.92. The maximum absolute atomic E-state index is 12.0. The van der Waals surface area contributed by atoms with Gasteiger partial charge in [0.05, 0.1) is 35.3 Å². The summed E-state index contributed by atoms with van der Waals surface area (Å²) in [5.74, 6) is -0.0950. The molecule has 0 saturated carbocycles. The molecule has 0 unspecified atom stereocenters. The van der Waals surface area contributed by atoms with Gasteiger partial charge in [-0.15, -0.1) is 0 Å². The lowest BCUT2D eigenvalue weighted by Gasteiger charge is -2.12. The molecular formula is C24H23N5O7. The van der Waals surface area contributed by atoms with Gasteiger partial charge in [-0.05, 0) is 55.8 Å². The highest BCUT2D eigenvalue weighted by molar-refractivity contribution is 5.85. The van der Waals surface area contributed by atoms with Crippen LogP contribution >= 0.6 is 0 Å². The van der Waals surface area contributed by atoms with Crippen LogP contribution in [0.2, 0.25) is 0 Å². The number of hydrogen-bond acceptors (Lipinski definition) is 9. The van der Waals surface area contributed by atoms with Crippen LogP contribution < -0.4 is 20.2 Å². The zero-order valence-corrected chi connectivity index (χ0v) is 19.5. The number of benzene rings is 3. The van der Waals surface area contributed by atoms with E-state index in [0.29, 0.717) is 5.56 Å². The van der Waals surface area contributed by atoms with Crippen LogP contribution in [0.4, 0.5) is 17.1 Å². The van der Waals surface area contributed by atoms with E-state index in [2.05, 4.69) is 15.8 Å². The van der Waals surface area contributed by atoms with Gasteiger partial charge < -0.3 is 14.8 Å². The molecule has 3 rings (SSSR count). The minimum Gasteiger partial charge on any atom is -0.490 e. The molecule has 12 heteroatoms. The highest BCUT2D eigenvalue weighted by Gasteiger charge is 2.22. The number of carbonyl (C=O) groups is 1. The second kappa shape index (κ2) is 11.9. The molecule has 3 aromatic carbocycles. The number of nitrogens with one attached hydrogen (secondary N) is 2. The van der Waals surface area contributed by atoms with Crippen LogP contribution in [0.25, 0.3) is 0 Å². The molecule has 186 valence electrons. The molecule has 3 aromatic rings. The van der Waals surface area contributed by atoms with Gasteiger partial charge in [0.15, 0.2) is 11.5 Å². The van der Waals surface area contributed by atoms with E-state index in [9.17, 15) is 25.0 Å². The second-order valence-electron chi connectivity index (χ2n) is 7.42. The van der Waals surface area contributed by atoms with Crippen LogP contribution in [0.3, 0.4) is 0 Å². The standard InChI is InChI=1S/C24H23N5O7/c1-3-35-23-12-17(14-26-27-24(30)15-25-18-7-4-16(2)5-8-18)6-10-22(23)36-21-11-9-19(28(31)32)13-20(21)29(33)34/h4-14,25H,3,15H2,1-2H3,(H,27,30)/b26-14-. The van der Waals surface area contributed by atoms with Gasteiger partial charge in [-0.3, -0.25) is 25.0 Å². The van der Waals surface area contributed by atoms with Crippen molar-refractivity contribution in [2.24, 2.45) is 5.10 Å². The molecule has 0 aliphatic carbocycles. The molecule has 0 aromatic heterocycles. The number of hydrazone groups is 1. The summed E-state index contributed by atoms with van der Waals surface area (Å²) in [7, 11) is 0. The largest absolute Gasteiger partial charge is 0.490 e. The number of aryl methyl sites for hydroxylation is 1. The molecule has 0 atom stereocenters. The van der Waals surface area contributed by atoms with Crippen LogP contribution in [0.5, 0.6) is 17.2 Å². The van der Waals surface area contributed by atoms with Crippen LogP contribution in [0.15, 0.2) is 65.8 Å². The number of rotatable bonds is 11. The molecule has 0 heterocycles. The van der Waals surface area contributed by atoms with Crippen molar-refractivity contribution in [2.75, 3.05) is 18.5 Å². The number of hydrogen-bond donors (Lipinski definition) is 2. The number of carbonyl (C=O) groups excluding carboxylic acids is 1. The lowest BCUT2D eigenvalue weighted by molar-refractivity contribution is -0.394. The molecular weight excluding hydrogens is 470 g/mol. The van der Waals surface area contributed by atoms with E-state index in [1.54, 1.807) is 19.1 Å². The zero-order valence-electron chi connectivity index (χ0n) is 19.5. The number of non-ortho nitro benzene ring substituents is 1. The number of nitrogens with zero attached hydrogens (tertiary/aromatic N) is 3. The summed E-state index contributed by atoms with van der Waals surface area (Å²) in [4.78, 5) is 32.9. The summed E-state index contributed by atoms with van der Waals surface area (Å²) in [6, 6.07) is 15.4. The van der Waals surface area contributed by atoms with Crippen LogP contribution in [0.1, 0.15) is 18.1 Å². The summed E-state index contributed by atoms with van der Waals surface area (Å²) < 4.78 is 11.2. The fraction of sp³-hybridized carbons (Fsp3) is 0.167. The molecule has 0 radical (unpaired) electrons. The van der Waals surface area contributed by atoms with Crippen molar-refractivity contribution in [3.8, 4) is 17.2 Å². The van der Waals surface area contributed by atoms with E-state index < -0.39 is 21.2 Å². The average molecular weight is 493 g/mol. The second-order valence-corrected chi connectivity index (χ2v) is 7.42. The molecule has 0 fully saturated rings. The lowest BCUT2D eigenvalue weighted by atomic mass is 10.2. The SMILES string of the molecule is CCOc1cc(/C=N\NC(=O)CNc2ccc(C)cc2)ccc1Oc1ccc([N+](=O)[O-])cc1[N+](=O)[O-]. The Bertz CT molecular complexity index is 1290. The Kier molecular flexibility index (Phi) is 8.49. The van der Waals surface area contributed by atoms with Crippen LogP contribution in [-0.4, -0.2) is 35.1 Å². The Balaban J connectivity index is 1.68. The third-order valence-electron chi connectivity index (χ3n) is 4.75. The number of nitro groups is 2. The van der Waals surface area contributed by atoms with E-state index in [1.165, 1.54) is 12.3 Å². The number of nitro benzene ring substituents is 2. The zero-order chi connectivity index (χ0) is 26.1. The Hall–Kier alpha value is -5.00. The third kappa shape index (κ3) is 7.00. The molecule has 0 aliphatic rings. The lowest BCUT2D eigenvalue weighted by Crippen LogP contribution is -2.25. The number of ether oxygens (including phenoxy) is 2. The van der Waals surface area contributed by atoms with Gasteiger partial charge in [-0.1, -0.05) is 17.7 Å². The predicted molar refractivity (Wildman–Crippen MR) is 133 cm³/mol. The highest BCUT2D eigenvalue weighted by Crippen LogP contribution is 2.38. The van der Waals surface area contributed by atoms with Gasteiger partial charge in [0.1, 0.15) is 0 Å². The fourth-order valence-corrected chi connectivity index (χ4v) is 3.00. The Labute approximate surface area is 205 Å². The number of amides is 1. The van der Waals surface area contributed by atoms with Gasteiger partial charge in [0.25, 0.3) is 11.6 Å². The molecule has 0 saturated heterocycles. The van der Waals surface area contributed by atoms with Crippen LogP contribution in [0, 0.1) is 27.2 Å². The molecule has 0 spiro atoms. The summed E-state index contributed by atoms with van der Waals surface area (Å²) in [5, 5.41) is 29.2. The van der Waals surface area contributed by atoms with Crippen molar-refractivity contribution in [3.05, 3.63) is 92.0 Å².